The highest BCUT2D eigenvalue weighted by molar-refractivity contribution is 6.42. The van der Waals surface area contributed by atoms with Gasteiger partial charge in [0.1, 0.15) is 24.0 Å². The lowest BCUT2D eigenvalue weighted by molar-refractivity contribution is 0.174. The summed E-state index contributed by atoms with van der Waals surface area (Å²) in [5.74, 6) is 2.31. The van der Waals surface area contributed by atoms with Gasteiger partial charge in [0.2, 0.25) is 12.7 Å². The van der Waals surface area contributed by atoms with Gasteiger partial charge in [-0.05, 0) is 48.4 Å². The summed E-state index contributed by atoms with van der Waals surface area (Å²) < 4.78 is 28.7. The largest absolute Gasteiger partial charge is 0.490 e. The fourth-order valence-corrected chi connectivity index (χ4v) is 4.39. The van der Waals surface area contributed by atoms with Gasteiger partial charge in [-0.2, -0.15) is 5.26 Å². The van der Waals surface area contributed by atoms with Crippen molar-refractivity contribution in [3.8, 4) is 34.8 Å². The van der Waals surface area contributed by atoms with Crippen LogP contribution in [0, 0.1) is 11.3 Å². The van der Waals surface area contributed by atoms with Crippen LogP contribution in [0.25, 0.3) is 0 Å². The molecule has 0 unspecified atom stereocenters. The molecule has 0 fully saturated rings. The minimum absolute atomic E-state index is 0.0433. The molecule has 0 bridgehead atoms. The van der Waals surface area contributed by atoms with E-state index in [9.17, 15) is 5.26 Å². The number of rotatable bonds is 6. The summed E-state index contributed by atoms with van der Waals surface area (Å²) in [5.41, 5.74) is 8.82. The van der Waals surface area contributed by atoms with Crippen LogP contribution in [0.4, 0.5) is 0 Å². The number of ether oxygens (including phenoxy) is 5. The van der Waals surface area contributed by atoms with Gasteiger partial charge in [-0.25, -0.2) is 0 Å². The normalized spacial score (nSPS) is 15.8. The Balaban J connectivity index is 1.51. The lowest BCUT2D eigenvalue weighted by atomic mass is 9.83. The maximum absolute atomic E-state index is 9.89. The lowest BCUT2D eigenvalue weighted by Gasteiger charge is -2.27. The Hall–Kier alpha value is -3.73. The Morgan fingerprint density at radius 3 is 2.51 bits per heavy atom. The molecule has 9 heteroatoms. The molecule has 0 saturated heterocycles. The van der Waals surface area contributed by atoms with Gasteiger partial charge in [0.15, 0.2) is 23.0 Å². The van der Waals surface area contributed by atoms with E-state index in [1.165, 1.54) is 0 Å². The fourth-order valence-electron chi connectivity index (χ4n) is 4.07. The predicted molar refractivity (Wildman–Crippen MR) is 130 cm³/mol. The van der Waals surface area contributed by atoms with Gasteiger partial charge in [-0.1, -0.05) is 35.3 Å². The Bertz CT molecular complexity index is 1380. The van der Waals surface area contributed by atoms with Crippen LogP contribution in [0.3, 0.4) is 0 Å². The van der Waals surface area contributed by atoms with Crippen LogP contribution >= 0.6 is 23.2 Å². The zero-order chi connectivity index (χ0) is 24.5. The zero-order valence-electron chi connectivity index (χ0n) is 18.6. The van der Waals surface area contributed by atoms with E-state index in [0.29, 0.717) is 51.0 Å². The summed E-state index contributed by atoms with van der Waals surface area (Å²) in [5, 5.41) is 10.8. The number of nitriles is 1. The number of halogens is 2. The van der Waals surface area contributed by atoms with E-state index in [2.05, 4.69) is 6.07 Å². The van der Waals surface area contributed by atoms with Crippen molar-refractivity contribution in [3.05, 3.63) is 86.7 Å². The molecule has 2 aliphatic heterocycles. The summed E-state index contributed by atoms with van der Waals surface area (Å²) >= 11 is 12.1. The molecule has 35 heavy (non-hydrogen) atoms. The molecule has 2 N–H and O–H groups in total. The van der Waals surface area contributed by atoms with Crippen molar-refractivity contribution < 1.29 is 23.7 Å². The second-order valence-electron chi connectivity index (χ2n) is 7.84. The maximum Gasteiger partial charge on any atom is 0.231 e. The van der Waals surface area contributed by atoms with E-state index in [1.807, 2.05) is 37.3 Å². The first-order valence-corrected chi connectivity index (χ1v) is 11.6. The van der Waals surface area contributed by atoms with Crippen molar-refractivity contribution >= 4 is 23.2 Å². The molecular weight excluding hydrogens is 491 g/mol. The zero-order valence-corrected chi connectivity index (χ0v) is 20.2. The average Bonchev–Trinajstić information content (AvgIpc) is 3.30. The van der Waals surface area contributed by atoms with E-state index in [4.69, 9.17) is 52.6 Å². The first-order chi connectivity index (χ1) is 17.0. The third kappa shape index (κ3) is 4.39. The Morgan fingerprint density at radius 1 is 0.971 bits per heavy atom. The van der Waals surface area contributed by atoms with Crippen molar-refractivity contribution in [1.29, 1.82) is 5.26 Å². The van der Waals surface area contributed by atoms with Gasteiger partial charge in [-0.3, -0.25) is 0 Å². The molecule has 0 amide bonds. The SMILES string of the molecule is CCOc1cc([C@@H]2C(C#N)=C(N)Oc3cc4c(cc32)OCO4)ccc1OCc1ccc(Cl)c(Cl)c1. The Morgan fingerprint density at radius 2 is 1.77 bits per heavy atom. The van der Waals surface area contributed by atoms with Crippen LogP contribution < -0.4 is 29.4 Å². The van der Waals surface area contributed by atoms with Gasteiger partial charge in [0.25, 0.3) is 0 Å². The minimum Gasteiger partial charge on any atom is -0.490 e. The number of hydrogen-bond acceptors (Lipinski definition) is 7. The maximum atomic E-state index is 9.89. The third-order valence-corrected chi connectivity index (χ3v) is 6.43. The fraction of sp³-hybridized carbons (Fsp3) is 0.192. The third-order valence-electron chi connectivity index (χ3n) is 5.69. The van der Waals surface area contributed by atoms with E-state index >= 15 is 0 Å². The van der Waals surface area contributed by atoms with E-state index in [1.54, 1.807) is 18.2 Å². The Kier molecular flexibility index (Phi) is 6.25. The molecule has 7 nitrogen and oxygen atoms in total. The number of nitrogens with zero attached hydrogens (tertiary/aromatic N) is 1. The number of allylic oxidation sites excluding steroid dienone is 1. The second-order valence-corrected chi connectivity index (χ2v) is 8.66. The van der Waals surface area contributed by atoms with Gasteiger partial charge >= 0.3 is 0 Å². The minimum atomic E-state index is -0.485. The quantitative estimate of drug-likeness (QED) is 0.439. The topological polar surface area (TPSA) is 96.0 Å². The first kappa shape index (κ1) is 23.0. The van der Waals surface area contributed by atoms with Gasteiger partial charge < -0.3 is 29.4 Å². The molecule has 2 aliphatic rings. The van der Waals surface area contributed by atoms with Gasteiger partial charge in [0.05, 0.1) is 22.6 Å². The molecule has 2 heterocycles. The lowest BCUT2D eigenvalue weighted by Crippen LogP contribution is -2.21. The molecular formula is C26H20Cl2N2O5. The van der Waals surface area contributed by atoms with Crippen molar-refractivity contribution in [3.63, 3.8) is 0 Å². The predicted octanol–water partition coefficient (Wildman–Crippen LogP) is 5.92. The van der Waals surface area contributed by atoms with E-state index in [0.717, 1.165) is 16.7 Å². The molecule has 0 aliphatic carbocycles. The molecule has 178 valence electrons. The molecule has 0 radical (unpaired) electrons. The standard InChI is InChI=1S/C26H20Cl2N2O5/c1-2-31-22-8-15(4-6-20(22)32-12-14-3-5-18(27)19(28)7-14)25-16-9-23-24(34-13-33-23)10-21(16)35-26(30)17(25)11-29/h3-10,25H,2,12-13,30H2,1H3/t25-/m0/s1. The highest BCUT2D eigenvalue weighted by Crippen LogP contribution is 2.48. The van der Waals surface area contributed by atoms with Crippen LogP contribution in [0.15, 0.2) is 60.0 Å². The van der Waals surface area contributed by atoms with Crippen LogP contribution in [0.2, 0.25) is 10.0 Å². The molecule has 0 spiro atoms. The van der Waals surface area contributed by atoms with Crippen molar-refractivity contribution in [2.45, 2.75) is 19.4 Å². The summed E-state index contributed by atoms with van der Waals surface area (Å²) in [6.07, 6.45) is 0. The van der Waals surface area contributed by atoms with Gasteiger partial charge in [0, 0.05) is 11.6 Å². The number of hydrogen-bond donors (Lipinski definition) is 1. The highest BCUT2D eigenvalue weighted by Gasteiger charge is 2.33. The van der Waals surface area contributed by atoms with Crippen LogP contribution in [0.5, 0.6) is 28.7 Å². The monoisotopic (exact) mass is 510 g/mol. The van der Waals surface area contributed by atoms with Crippen LogP contribution in [-0.2, 0) is 6.61 Å². The van der Waals surface area contributed by atoms with E-state index in [-0.39, 0.29) is 19.3 Å². The van der Waals surface area contributed by atoms with Crippen molar-refractivity contribution in [2.24, 2.45) is 5.73 Å². The number of benzene rings is 3. The highest BCUT2D eigenvalue weighted by atomic mass is 35.5. The van der Waals surface area contributed by atoms with Crippen LogP contribution in [-0.4, -0.2) is 13.4 Å². The molecule has 3 aromatic rings. The smallest absolute Gasteiger partial charge is 0.231 e. The number of fused-ring (bicyclic) bond motifs is 2. The summed E-state index contributed by atoms with van der Waals surface area (Å²) in [6.45, 7) is 2.71. The molecule has 0 aromatic heterocycles. The van der Waals surface area contributed by atoms with Crippen molar-refractivity contribution in [2.75, 3.05) is 13.4 Å². The molecule has 5 rings (SSSR count). The summed E-state index contributed by atoms with van der Waals surface area (Å²) in [4.78, 5) is 0. The second kappa shape index (κ2) is 9.49. The van der Waals surface area contributed by atoms with E-state index < -0.39 is 5.92 Å². The van der Waals surface area contributed by atoms with Crippen molar-refractivity contribution in [1.82, 2.24) is 0 Å². The molecule has 3 aromatic carbocycles. The summed E-state index contributed by atoms with van der Waals surface area (Å²) in [6, 6.07) is 16.6. The van der Waals surface area contributed by atoms with Crippen LogP contribution in [0.1, 0.15) is 29.5 Å². The molecule has 1 atom stereocenters. The Labute approximate surface area is 212 Å². The number of nitrogens with two attached hydrogens (primary N) is 1. The molecule has 0 saturated carbocycles. The first-order valence-electron chi connectivity index (χ1n) is 10.8. The van der Waals surface area contributed by atoms with Gasteiger partial charge in [-0.15, -0.1) is 0 Å². The summed E-state index contributed by atoms with van der Waals surface area (Å²) in [7, 11) is 0. The average molecular weight is 511 g/mol.